The molecular weight excluding hydrogens is 432 g/mol. The molecule has 178 valence electrons. The molecule has 2 fully saturated rings. The fourth-order valence-electron chi connectivity index (χ4n) is 4.20. The summed E-state index contributed by atoms with van der Waals surface area (Å²) in [5.41, 5.74) is 1.73. The number of benzene rings is 1. The van der Waals surface area contributed by atoms with Crippen molar-refractivity contribution in [3.05, 3.63) is 24.3 Å². The van der Waals surface area contributed by atoms with Gasteiger partial charge in [-0.1, -0.05) is 6.92 Å². The molecule has 0 aromatic heterocycles. The number of hydrogen-bond acceptors (Lipinski definition) is 6. The molecule has 2 aliphatic rings. The molecule has 1 aromatic carbocycles. The van der Waals surface area contributed by atoms with E-state index in [1.165, 1.54) is 9.21 Å². The van der Waals surface area contributed by atoms with Crippen molar-refractivity contribution in [2.45, 2.75) is 39.2 Å². The maximum atomic E-state index is 13.1. The monoisotopic (exact) mass is 466 g/mol. The summed E-state index contributed by atoms with van der Waals surface area (Å²) in [6, 6.07) is 6.89. The van der Waals surface area contributed by atoms with Crippen molar-refractivity contribution in [1.82, 2.24) is 9.21 Å². The molecule has 0 aliphatic carbocycles. The summed E-state index contributed by atoms with van der Waals surface area (Å²) in [5.74, 6) is -0.577. The third-order valence-electron chi connectivity index (χ3n) is 5.86. The first-order valence-electron chi connectivity index (χ1n) is 11.4. The normalized spacial score (nSPS) is 19.7. The van der Waals surface area contributed by atoms with Gasteiger partial charge in [0.05, 0.1) is 25.5 Å². The molecule has 2 heterocycles. The standard InChI is InChI=1S/C22H34N4O5S/c1-3-16-32(29,30)26-11-5-6-20(26)22(28)24(4-2)17-21(27)23-18-7-9-19(10-8-18)25-12-14-31-15-13-25/h7-10,20H,3-6,11-17H2,1-2H3,(H,23,27). The molecule has 3 rings (SSSR count). The molecule has 0 spiro atoms. The molecule has 1 unspecified atom stereocenters. The summed E-state index contributed by atoms with van der Waals surface area (Å²) >= 11 is 0. The second-order valence-electron chi connectivity index (χ2n) is 8.13. The van der Waals surface area contributed by atoms with Gasteiger partial charge >= 0.3 is 0 Å². The maximum Gasteiger partial charge on any atom is 0.243 e. The van der Waals surface area contributed by atoms with Crippen LogP contribution in [-0.4, -0.2) is 87.2 Å². The van der Waals surface area contributed by atoms with Gasteiger partial charge in [0.2, 0.25) is 21.8 Å². The van der Waals surface area contributed by atoms with Crippen molar-refractivity contribution in [2.75, 3.05) is 61.9 Å². The first-order valence-corrected chi connectivity index (χ1v) is 13.0. The lowest BCUT2D eigenvalue weighted by Gasteiger charge is -2.29. The Morgan fingerprint density at radius 3 is 2.44 bits per heavy atom. The van der Waals surface area contributed by atoms with Gasteiger partial charge in [0.25, 0.3) is 0 Å². The highest BCUT2D eigenvalue weighted by Crippen LogP contribution is 2.24. The van der Waals surface area contributed by atoms with Crippen LogP contribution in [0.5, 0.6) is 0 Å². The number of rotatable bonds is 9. The molecule has 0 radical (unpaired) electrons. The Hall–Kier alpha value is -2.17. The van der Waals surface area contributed by atoms with Crippen LogP contribution >= 0.6 is 0 Å². The Morgan fingerprint density at radius 1 is 1.12 bits per heavy atom. The average molecular weight is 467 g/mol. The van der Waals surface area contributed by atoms with E-state index >= 15 is 0 Å². The SMILES string of the molecule is CCCS(=O)(=O)N1CCCC1C(=O)N(CC)CC(=O)Nc1ccc(N2CCOCC2)cc1. The van der Waals surface area contributed by atoms with Crippen LogP contribution in [0.25, 0.3) is 0 Å². The number of likely N-dealkylation sites (N-methyl/N-ethyl adjacent to an activating group) is 1. The molecule has 1 aromatic rings. The van der Waals surface area contributed by atoms with Crippen LogP contribution in [0.2, 0.25) is 0 Å². The van der Waals surface area contributed by atoms with Gasteiger partial charge in [0.15, 0.2) is 0 Å². The zero-order valence-corrected chi connectivity index (χ0v) is 19.8. The number of anilines is 2. The molecule has 2 aliphatic heterocycles. The van der Waals surface area contributed by atoms with Crippen LogP contribution in [0.15, 0.2) is 24.3 Å². The predicted molar refractivity (Wildman–Crippen MR) is 124 cm³/mol. The number of sulfonamides is 1. The van der Waals surface area contributed by atoms with Gasteiger partial charge in [-0.15, -0.1) is 0 Å². The first-order chi connectivity index (χ1) is 15.4. The third-order valence-corrected chi connectivity index (χ3v) is 7.94. The van der Waals surface area contributed by atoms with E-state index in [0.717, 1.165) is 18.8 Å². The van der Waals surface area contributed by atoms with Crippen molar-refractivity contribution in [1.29, 1.82) is 0 Å². The Morgan fingerprint density at radius 2 is 1.81 bits per heavy atom. The van der Waals surface area contributed by atoms with Gasteiger partial charge in [-0.25, -0.2) is 8.42 Å². The van der Waals surface area contributed by atoms with Crippen LogP contribution in [0, 0.1) is 0 Å². The second-order valence-corrected chi connectivity index (χ2v) is 10.2. The molecule has 9 nitrogen and oxygen atoms in total. The highest BCUT2D eigenvalue weighted by Gasteiger charge is 2.40. The maximum absolute atomic E-state index is 13.1. The summed E-state index contributed by atoms with van der Waals surface area (Å²) in [5, 5.41) is 2.84. The number of morpholine rings is 1. The van der Waals surface area contributed by atoms with E-state index in [4.69, 9.17) is 4.74 Å². The number of hydrogen-bond donors (Lipinski definition) is 1. The van der Waals surface area contributed by atoms with Crippen molar-refractivity contribution in [3.8, 4) is 0 Å². The van der Waals surface area contributed by atoms with E-state index in [1.54, 1.807) is 13.8 Å². The molecule has 0 saturated carbocycles. The number of ether oxygens (including phenoxy) is 1. The van der Waals surface area contributed by atoms with Gasteiger partial charge in [-0.3, -0.25) is 9.59 Å². The highest BCUT2D eigenvalue weighted by atomic mass is 32.2. The van der Waals surface area contributed by atoms with E-state index in [1.807, 2.05) is 24.3 Å². The van der Waals surface area contributed by atoms with Gasteiger partial charge in [-0.05, 0) is 50.5 Å². The van der Waals surface area contributed by atoms with Crippen LogP contribution in [-0.2, 0) is 24.3 Å². The predicted octanol–water partition coefficient (Wildman–Crippen LogP) is 1.51. The van der Waals surface area contributed by atoms with E-state index in [9.17, 15) is 18.0 Å². The minimum Gasteiger partial charge on any atom is -0.378 e. The van der Waals surface area contributed by atoms with E-state index in [-0.39, 0.29) is 24.1 Å². The van der Waals surface area contributed by atoms with Crippen molar-refractivity contribution >= 4 is 33.2 Å². The molecule has 1 N–H and O–H groups in total. The summed E-state index contributed by atoms with van der Waals surface area (Å²) in [7, 11) is -3.46. The molecule has 32 heavy (non-hydrogen) atoms. The minimum atomic E-state index is -3.46. The number of nitrogens with zero attached hydrogens (tertiary/aromatic N) is 3. The molecule has 2 saturated heterocycles. The number of carbonyl (C=O) groups excluding carboxylic acids is 2. The van der Waals surface area contributed by atoms with E-state index in [2.05, 4.69) is 10.2 Å². The molecular formula is C22H34N4O5S. The molecule has 2 amide bonds. The lowest BCUT2D eigenvalue weighted by atomic mass is 10.2. The van der Waals surface area contributed by atoms with E-state index in [0.29, 0.717) is 51.3 Å². The topological polar surface area (TPSA) is 99.3 Å². The quantitative estimate of drug-likeness (QED) is 0.592. The van der Waals surface area contributed by atoms with Crippen LogP contribution in [0.4, 0.5) is 11.4 Å². The fraction of sp³-hybridized carbons (Fsp3) is 0.636. The van der Waals surface area contributed by atoms with Gasteiger partial charge in [-0.2, -0.15) is 4.31 Å². The van der Waals surface area contributed by atoms with Gasteiger partial charge in [0.1, 0.15) is 6.04 Å². The summed E-state index contributed by atoms with van der Waals surface area (Å²) in [4.78, 5) is 29.3. The minimum absolute atomic E-state index is 0.0316. The lowest BCUT2D eigenvalue weighted by Crippen LogP contribution is -2.50. The van der Waals surface area contributed by atoms with Crippen molar-refractivity contribution < 1.29 is 22.7 Å². The number of carbonyl (C=O) groups is 2. The summed E-state index contributed by atoms with van der Waals surface area (Å²) in [6.07, 6.45) is 1.64. The largest absolute Gasteiger partial charge is 0.378 e. The molecule has 0 bridgehead atoms. The van der Waals surface area contributed by atoms with Crippen LogP contribution < -0.4 is 10.2 Å². The van der Waals surface area contributed by atoms with Crippen LogP contribution in [0.3, 0.4) is 0 Å². The third kappa shape index (κ3) is 5.99. The Bertz CT molecular complexity index is 884. The lowest BCUT2D eigenvalue weighted by molar-refractivity contribution is -0.137. The Balaban J connectivity index is 1.58. The summed E-state index contributed by atoms with van der Waals surface area (Å²) in [6.45, 7) is 7.27. The second kappa shape index (κ2) is 11.1. The van der Waals surface area contributed by atoms with Gasteiger partial charge in [0, 0.05) is 37.6 Å². The van der Waals surface area contributed by atoms with Crippen molar-refractivity contribution in [3.63, 3.8) is 0 Å². The number of nitrogens with one attached hydrogen (secondary N) is 1. The smallest absolute Gasteiger partial charge is 0.243 e. The first kappa shape index (κ1) is 24.5. The molecule has 1 atom stereocenters. The number of amides is 2. The Kier molecular flexibility index (Phi) is 8.50. The zero-order chi connectivity index (χ0) is 23.1. The highest BCUT2D eigenvalue weighted by molar-refractivity contribution is 7.89. The average Bonchev–Trinajstić information content (AvgIpc) is 3.29. The van der Waals surface area contributed by atoms with Crippen molar-refractivity contribution in [2.24, 2.45) is 0 Å². The zero-order valence-electron chi connectivity index (χ0n) is 19.0. The van der Waals surface area contributed by atoms with E-state index < -0.39 is 16.1 Å². The fourth-order valence-corrected chi connectivity index (χ4v) is 5.94. The summed E-state index contributed by atoms with van der Waals surface area (Å²) < 4.78 is 31.8. The molecule has 10 heteroatoms. The van der Waals surface area contributed by atoms with Crippen LogP contribution in [0.1, 0.15) is 33.1 Å². The van der Waals surface area contributed by atoms with Gasteiger partial charge < -0.3 is 19.9 Å². The Labute approximate surface area is 190 Å².